The summed E-state index contributed by atoms with van der Waals surface area (Å²) in [5, 5.41) is 2.76. The summed E-state index contributed by atoms with van der Waals surface area (Å²) in [6.45, 7) is 2.96. The van der Waals surface area contributed by atoms with Crippen LogP contribution >= 0.6 is 15.9 Å². The SMILES string of the molecule is O=C(Nc1cc(F)ccc1Br)N1CC[C@]2(CCOC2)C1. The van der Waals surface area contributed by atoms with Crippen molar-refractivity contribution in [2.24, 2.45) is 5.41 Å². The number of carbonyl (C=O) groups excluding carboxylic acids is 1. The number of halogens is 2. The molecule has 1 aromatic carbocycles. The number of benzene rings is 1. The first-order valence-electron chi connectivity index (χ1n) is 6.67. The van der Waals surface area contributed by atoms with E-state index in [1.807, 2.05) is 0 Å². The van der Waals surface area contributed by atoms with Crippen LogP contribution in [0, 0.1) is 11.2 Å². The standard InChI is InChI=1S/C14H16BrFN2O2/c15-11-2-1-10(16)7-12(11)17-13(19)18-5-3-14(8-18)4-6-20-9-14/h1-2,7H,3-6,8-9H2,(H,17,19)/t14-/m0/s1. The Labute approximate surface area is 125 Å². The molecule has 0 aliphatic carbocycles. The Balaban J connectivity index is 1.66. The highest BCUT2D eigenvalue weighted by molar-refractivity contribution is 9.10. The molecular formula is C14H16BrFN2O2. The molecule has 4 nitrogen and oxygen atoms in total. The third kappa shape index (κ3) is 2.67. The summed E-state index contributed by atoms with van der Waals surface area (Å²) in [6, 6.07) is 4.06. The minimum absolute atomic E-state index is 0.135. The van der Waals surface area contributed by atoms with E-state index < -0.39 is 0 Å². The van der Waals surface area contributed by atoms with Crippen LogP contribution in [0.2, 0.25) is 0 Å². The largest absolute Gasteiger partial charge is 0.381 e. The zero-order chi connectivity index (χ0) is 14.2. The second-order valence-electron chi connectivity index (χ2n) is 5.53. The van der Waals surface area contributed by atoms with E-state index in [1.54, 1.807) is 11.0 Å². The molecule has 2 saturated heterocycles. The van der Waals surface area contributed by atoms with E-state index in [-0.39, 0.29) is 17.3 Å². The molecule has 0 aromatic heterocycles. The summed E-state index contributed by atoms with van der Waals surface area (Å²) < 4.78 is 19.3. The van der Waals surface area contributed by atoms with Crippen molar-refractivity contribution in [1.82, 2.24) is 4.90 Å². The molecule has 2 aliphatic rings. The van der Waals surface area contributed by atoms with Crippen LogP contribution in [0.25, 0.3) is 0 Å². The smallest absolute Gasteiger partial charge is 0.321 e. The first kappa shape index (κ1) is 13.8. The Bertz CT molecular complexity index is 532. The van der Waals surface area contributed by atoms with Crippen LogP contribution < -0.4 is 5.32 Å². The molecule has 2 amide bonds. The molecule has 2 aliphatic heterocycles. The Hall–Kier alpha value is -1.14. The summed E-state index contributed by atoms with van der Waals surface area (Å²) in [5.41, 5.74) is 0.592. The Morgan fingerprint density at radius 3 is 3.05 bits per heavy atom. The number of amides is 2. The number of hydrogen-bond acceptors (Lipinski definition) is 2. The third-order valence-corrected chi connectivity index (χ3v) is 4.77. The second-order valence-corrected chi connectivity index (χ2v) is 6.38. The van der Waals surface area contributed by atoms with Crippen molar-refractivity contribution in [2.75, 3.05) is 31.6 Å². The Morgan fingerprint density at radius 1 is 1.45 bits per heavy atom. The third-order valence-electron chi connectivity index (χ3n) is 4.08. The number of nitrogens with one attached hydrogen (secondary N) is 1. The summed E-state index contributed by atoms with van der Waals surface area (Å²) in [4.78, 5) is 14.0. The number of rotatable bonds is 1. The lowest BCUT2D eigenvalue weighted by atomic mass is 9.87. The number of ether oxygens (including phenoxy) is 1. The fourth-order valence-corrected chi connectivity index (χ4v) is 3.21. The molecule has 1 aromatic rings. The number of anilines is 1. The van der Waals surface area contributed by atoms with Crippen molar-refractivity contribution < 1.29 is 13.9 Å². The molecule has 0 unspecified atom stereocenters. The van der Waals surface area contributed by atoms with Gasteiger partial charge >= 0.3 is 6.03 Å². The molecular weight excluding hydrogens is 327 g/mol. The summed E-state index contributed by atoms with van der Waals surface area (Å²) >= 11 is 3.31. The quantitative estimate of drug-likeness (QED) is 0.851. The van der Waals surface area contributed by atoms with Crippen molar-refractivity contribution in [2.45, 2.75) is 12.8 Å². The zero-order valence-corrected chi connectivity index (χ0v) is 12.6. The molecule has 2 fully saturated rings. The Morgan fingerprint density at radius 2 is 2.30 bits per heavy atom. The predicted octanol–water partition coefficient (Wildman–Crippen LogP) is 3.23. The summed E-state index contributed by atoms with van der Waals surface area (Å²) in [5.74, 6) is -0.370. The van der Waals surface area contributed by atoms with E-state index in [2.05, 4.69) is 21.2 Å². The van der Waals surface area contributed by atoms with Gasteiger partial charge < -0.3 is 15.0 Å². The first-order valence-corrected chi connectivity index (χ1v) is 7.46. The number of carbonyl (C=O) groups is 1. The molecule has 3 rings (SSSR count). The average molecular weight is 343 g/mol. The molecule has 108 valence electrons. The van der Waals surface area contributed by atoms with Crippen LogP contribution in [-0.4, -0.2) is 37.2 Å². The van der Waals surface area contributed by atoms with Gasteiger partial charge in [-0.2, -0.15) is 0 Å². The van der Waals surface area contributed by atoms with E-state index in [1.165, 1.54) is 12.1 Å². The van der Waals surface area contributed by atoms with Gasteiger partial charge in [-0.05, 0) is 47.0 Å². The number of nitrogens with zero attached hydrogens (tertiary/aromatic N) is 1. The van der Waals surface area contributed by atoms with Gasteiger partial charge in [-0.1, -0.05) is 0 Å². The lowest BCUT2D eigenvalue weighted by molar-refractivity contribution is 0.154. The number of hydrogen-bond donors (Lipinski definition) is 1. The van der Waals surface area contributed by atoms with Crippen LogP contribution in [-0.2, 0) is 4.74 Å². The van der Waals surface area contributed by atoms with Crippen molar-refractivity contribution in [3.63, 3.8) is 0 Å². The molecule has 2 heterocycles. The predicted molar refractivity (Wildman–Crippen MR) is 77.2 cm³/mol. The highest BCUT2D eigenvalue weighted by Crippen LogP contribution is 2.38. The molecule has 0 radical (unpaired) electrons. The zero-order valence-electron chi connectivity index (χ0n) is 11.0. The lowest BCUT2D eigenvalue weighted by Gasteiger charge is -2.22. The average Bonchev–Trinajstić information content (AvgIpc) is 3.05. The molecule has 0 saturated carbocycles. The number of urea groups is 1. The van der Waals surface area contributed by atoms with Crippen LogP contribution in [0.15, 0.2) is 22.7 Å². The van der Waals surface area contributed by atoms with E-state index in [0.717, 1.165) is 32.6 Å². The van der Waals surface area contributed by atoms with Crippen molar-refractivity contribution >= 4 is 27.6 Å². The van der Waals surface area contributed by atoms with Gasteiger partial charge in [0.15, 0.2) is 0 Å². The monoisotopic (exact) mass is 342 g/mol. The van der Waals surface area contributed by atoms with Crippen LogP contribution in [0.5, 0.6) is 0 Å². The normalized spacial score (nSPS) is 25.4. The van der Waals surface area contributed by atoms with Gasteiger partial charge in [-0.3, -0.25) is 0 Å². The van der Waals surface area contributed by atoms with Gasteiger partial charge in [0.25, 0.3) is 0 Å². The summed E-state index contributed by atoms with van der Waals surface area (Å²) in [7, 11) is 0. The van der Waals surface area contributed by atoms with Gasteiger partial charge in [-0.15, -0.1) is 0 Å². The van der Waals surface area contributed by atoms with Crippen molar-refractivity contribution in [3.8, 4) is 0 Å². The topological polar surface area (TPSA) is 41.6 Å². The van der Waals surface area contributed by atoms with Crippen LogP contribution in [0.1, 0.15) is 12.8 Å². The highest BCUT2D eigenvalue weighted by Gasteiger charge is 2.42. The number of likely N-dealkylation sites (tertiary alicyclic amines) is 1. The molecule has 6 heteroatoms. The van der Waals surface area contributed by atoms with E-state index in [4.69, 9.17) is 4.74 Å². The molecule has 1 spiro atoms. The lowest BCUT2D eigenvalue weighted by Crippen LogP contribution is -2.35. The van der Waals surface area contributed by atoms with Crippen molar-refractivity contribution in [1.29, 1.82) is 0 Å². The van der Waals surface area contributed by atoms with Gasteiger partial charge in [0, 0.05) is 29.6 Å². The fraction of sp³-hybridized carbons (Fsp3) is 0.500. The van der Waals surface area contributed by atoms with E-state index in [9.17, 15) is 9.18 Å². The van der Waals surface area contributed by atoms with E-state index >= 15 is 0 Å². The molecule has 1 atom stereocenters. The van der Waals surface area contributed by atoms with Crippen LogP contribution in [0.4, 0.5) is 14.9 Å². The second kappa shape index (κ2) is 5.33. The summed E-state index contributed by atoms with van der Waals surface area (Å²) in [6.07, 6.45) is 1.99. The minimum Gasteiger partial charge on any atom is -0.381 e. The first-order chi connectivity index (χ1) is 9.58. The Kier molecular flexibility index (Phi) is 3.69. The van der Waals surface area contributed by atoms with E-state index in [0.29, 0.717) is 16.7 Å². The molecule has 20 heavy (non-hydrogen) atoms. The van der Waals surface area contributed by atoms with Gasteiger partial charge in [0.2, 0.25) is 0 Å². The highest BCUT2D eigenvalue weighted by atomic mass is 79.9. The van der Waals surface area contributed by atoms with Gasteiger partial charge in [-0.25, -0.2) is 9.18 Å². The minimum atomic E-state index is -0.370. The maximum Gasteiger partial charge on any atom is 0.321 e. The molecule has 0 bridgehead atoms. The fourth-order valence-electron chi connectivity index (χ4n) is 2.87. The molecule has 1 N–H and O–H groups in total. The maximum atomic E-state index is 13.2. The van der Waals surface area contributed by atoms with Crippen molar-refractivity contribution in [3.05, 3.63) is 28.5 Å². The van der Waals surface area contributed by atoms with Crippen LogP contribution in [0.3, 0.4) is 0 Å². The van der Waals surface area contributed by atoms with Gasteiger partial charge in [0.05, 0.1) is 12.3 Å². The maximum absolute atomic E-state index is 13.2. The van der Waals surface area contributed by atoms with Gasteiger partial charge in [0.1, 0.15) is 5.82 Å².